The molecule has 8 nitrogen and oxygen atoms in total. The van der Waals surface area contributed by atoms with Crippen molar-refractivity contribution in [1.29, 1.82) is 0 Å². The van der Waals surface area contributed by atoms with Gasteiger partial charge in [-0.3, -0.25) is 13.8 Å². The first-order valence-corrected chi connectivity index (χ1v) is 20.7. The Balaban J connectivity index is 4.04. The summed E-state index contributed by atoms with van der Waals surface area (Å²) in [6.07, 6.45) is 36.1. The van der Waals surface area contributed by atoms with E-state index in [4.69, 9.17) is 24.3 Å². The predicted molar refractivity (Wildman–Crippen MR) is 192 cm³/mol. The highest BCUT2D eigenvalue weighted by molar-refractivity contribution is 7.47. The molecule has 0 aliphatic rings. The molecule has 0 heterocycles. The molecule has 0 aromatic rings. The Morgan fingerprint density at radius 2 is 1.09 bits per heavy atom. The smallest absolute Gasteiger partial charge is 0.472 e. The van der Waals surface area contributed by atoms with Gasteiger partial charge in [0.15, 0.2) is 6.10 Å². The molecule has 1 unspecified atom stereocenters. The van der Waals surface area contributed by atoms with Crippen LogP contribution >= 0.6 is 7.82 Å². The number of ether oxygens (including phenoxy) is 2. The van der Waals surface area contributed by atoms with E-state index in [2.05, 4.69) is 13.8 Å². The molecule has 0 fully saturated rings. The first-order chi connectivity index (χ1) is 22.4. The number of rotatable bonds is 37. The highest BCUT2D eigenvalue weighted by atomic mass is 31.2. The lowest BCUT2D eigenvalue weighted by atomic mass is 10.0. The lowest BCUT2D eigenvalue weighted by Crippen LogP contribution is -2.27. The number of unbranched alkanes of at least 4 members (excludes halogenated alkanes) is 24. The monoisotopic (exact) mass is 676 g/mol. The van der Waals surface area contributed by atoms with E-state index in [9.17, 15) is 14.3 Å². The number of phosphoric ester groups is 1. The van der Waals surface area contributed by atoms with Gasteiger partial charge in [-0.2, -0.15) is 0 Å². The van der Waals surface area contributed by atoms with Gasteiger partial charge in [-0.15, -0.1) is 0 Å². The molecule has 0 spiro atoms. The normalized spacial score (nSPS) is 13.7. The third-order valence-electron chi connectivity index (χ3n) is 8.28. The van der Waals surface area contributed by atoms with E-state index in [1.165, 1.54) is 135 Å². The van der Waals surface area contributed by atoms with Crippen LogP contribution in [0.4, 0.5) is 0 Å². The lowest BCUT2D eigenvalue weighted by molar-refractivity contribution is -0.153. The Hall–Kier alpha value is -0.920. The van der Waals surface area contributed by atoms with Crippen LogP contribution in [0.5, 0.6) is 0 Å². The highest BCUT2D eigenvalue weighted by Crippen LogP contribution is 2.43. The summed E-state index contributed by atoms with van der Waals surface area (Å²) in [6.45, 7) is 4.23. The summed E-state index contributed by atoms with van der Waals surface area (Å²) in [4.78, 5) is 22.3. The molecule has 0 aromatic carbocycles. The number of esters is 1. The number of phosphoric acid groups is 1. The first kappa shape index (κ1) is 45.1. The van der Waals surface area contributed by atoms with Crippen molar-refractivity contribution >= 4 is 13.8 Å². The van der Waals surface area contributed by atoms with Crippen LogP contribution in [0.3, 0.4) is 0 Å². The molecular formula is C37H74NO7P. The van der Waals surface area contributed by atoms with Crippen LogP contribution in [0.25, 0.3) is 0 Å². The van der Waals surface area contributed by atoms with Gasteiger partial charge in [0.1, 0.15) is 6.61 Å². The molecular weight excluding hydrogens is 601 g/mol. The second-order valence-corrected chi connectivity index (χ2v) is 14.3. The standard InChI is InChI=1S/C37H74NO7P/c1-3-5-7-9-11-13-14-15-16-17-18-19-20-21-23-25-27-29-32-42-34-36(35-44-46(40,41)43-33-31-38)45-37(39)30-28-26-24-22-12-10-8-6-4-2/h29,32,36H,3-28,30-31,33-35,38H2,1-2H3,(H,40,41)/b32-29-/t36-/m1/s1. The van der Waals surface area contributed by atoms with Gasteiger partial charge in [0, 0.05) is 13.0 Å². The molecule has 46 heavy (non-hydrogen) atoms. The van der Waals surface area contributed by atoms with Crippen molar-refractivity contribution in [3.63, 3.8) is 0 Å². The van der Waals surface area contributed by atoms with Gasteiger partial charge < -0.3 is 20.1 Å². The van der Waals surface area contributed by atoms with E-state index in [1.807, 2.05) is 6.08 Å². The van der Waals surface area contributed by atoms with Crippen LogP contribution < -0.4 is 5.73 Å². The number of allylic oxidation sites excluding steroid dienone is 1. The van der Waals surface area contributed by atoms with Crippen LogP contribution in [0.15, 0.2) is 12.3 Å². The van der Waals surface area contributed by atoms with Crippen LogP contribution in [-0.4, -0.2) is 43.3 Å². The summed E-state index contributed by atoms with van der Waals surface area (Å²) >= 11 is 0. The van der Waals surface area contributed by atoms with E-state index in [0.717, 1.165) is 32.1 Å². The maximum Gasteiger partial charge on any atom is 0.472 e. The molecule has 0 aromatic heterocycles. The Kier molecular flexibility index (Phi) is 34.7. The van der Waals surface area contributed by atoms with Crippen molar-refractivity contribution in [2.24, 2.45) is 5.73 Å². The molecule has 0 radical (unpaired) electrons. The van der Waals surface area contributed by atoms with Crippen molar-refractivity contribution in [3.8, 4) is 0 Å². The van der Waals surface area contributed by atoms with Gasteiger partial charge in [-0.1, -0.05) is 162 Å². The van der Waals surface area contributed by atoms with Crippen LogP contribution in [-0.2, 0) is 27.9 Å². The third kappa shape index (κ3) is 34.4. The second kappa shape index (κ2) is 35.4. The Morgan fingerprint density at radius 1 is 0.652 bits per heavy atom. The quantitative estimate of drug-likeness (QED) is 0.0289. The summed E-state index contributed by atoms with van der Waals surface area (Å²) < 4.78 is 33.0. The number of carbonyl (C=O) groups excluding carboxylic acids is 1. The van der Waals surface area contributed by atoms with Gasteiger partial charge in [0.05, 0.1) is 19.5 Å². The van der Waals surface area contributed by atoms with Crippen molar-refractivity contribution in [2.75, 3.05) is 26.4 Å². The first-order valence-electron chi connectivity index (χ1n) is 19.2. The molecule has 3 N–H and O–H groups in total. The van der Waals surface area contributed by atoms with E-state index < -0.39 is 13.9 Å². The zero-order chi connectivity index (χ0) is 33.8. The number of hydrogen-bond acceptors (Lipinski definition) is 7. The fourth-order valence-corrected chi connectivity index (χ4v) is 6.20. The summed E-state index contributed by atoms with van der Waals surface area (Å²) in [5.74, 6) is -0.354. The SMILES string of the molecule is CCCCCCCCCCCCCCCCCC/C=C\OC[C@H](COP(=O)(O)OCCN)OC(=O)CCCCCCCCCCC. The summed E-state index contributed by atoms with van der Waals surface area (Å²) in [6, 6.07) is 0. The van der Waals surface area contributed by atoms with Gasteiger partial charge in [-0.25, -0.2) is 4.57 Å². The Labute approximate surface area is 283 Å². The van der Waals surface area contributed by atoms with Crippen LogP contribution in [0, 0.1) is 0 Å². The third-order valence-corrected chi connectivity index (χ3v) is 9.26. The molecule has 9 heteroatoms. The average Bonchev–Trinajstić information content (AvgIpc) is 3.04. The van der Waals surface area contributed by atoms with E-state index in [0.29, 0.717) is 6.42 Å². The lowest BCUT2D eigenvalue weighted by Gasteiger charge is -2.19. The van der Waals surface area contributed by atoms with Crippen LogP contribution in [0.2, 0.25) is 0 Å². The highest BCUT2D eigenvalue weighted by Gasteiger charge is 2.25. The minimum absolute atomic E-state index is 0.0375. The average molecular weight is 676 g/mol. The van der Waals surface area contributed by atoms with Gasteiger partial charge in [-0.05, 0) is 25.3 Å². The number of carbonyl (C=O) groups is 1. The van der Waals surface area contributed by atoms with Gasteiger partial charge in [0.2, 0.25) is 0 Å². The fourth-order valence-electron chi connectivity index (χ4n) is 5.43. The van der Waals surface area contributed by atoms with E-state index in [1.54, 1.807) is 6.26 Å². The van der Waals surface area contributed by atoms with Crippen molar-refractivity contribution < 1.29 is 32.8 Å². The summed E-state index contributed by atoms with van der Waals surface area (Å²) in [5.41, 5.74) is 5.34. The van der Waals surface area contributed by atoms with Crippen molar-refractivity contribution in [3.05, 3.63) is 12.3 Å². The number of nitrogens with two attached hydrogens (primary N) is 1. The largest absolute Gasteiger partial charge is 0.498 e. The zero-order valence-corrected chi connectivity index (χ0v) is 31.0. The topological polar surface area (TPSA) is 117 Å². The van der Waals surface area contributed by atoms with E-state index in [-0.39, 0.29) is 32.3 Å². The molecule has 0 aliphatic carbocycles. The zero-order valence-electron chi connectivity index (χ0n) is 30.1. The van der Waals surface area contributed by atoms with E-state index >= 15 is 0 Å². The molecule has 0 bridgehead atoms. The predicted octanol–water partition coefficient (Wildman–Crippen LogP) is 11.1. The minimum atomic E-state index is -4.28. The van der Waals surface area contributed by atoms with Crippen molar-refractivity contribution in [1.82, 2.24) is 0 Å². The van der Waals surface area contributed by atoms with Crippen molar-refractivity contribution in [2.45, 2.75) is 193 Å². The number of hydrogen-bond donors (Lipinski definition) is 2. The summed E-state index contributed by atoms with van der Waals surface area (Å²) in [7, 11) is -4.28. The fraction of sp³-hybridized carbons (Fsp3) is 0.919. The second-order valence-electron chi connectivity index (χ2n) is 12.9. The maximum atomic E-state index is 12.4. The molecule has 0 saturated carbocycles. The summed E-state index contributed by atoms with van der Waals surface area (Å²) in [5, 5.41) is 0. The minimum Gasteiger partial charge on any atom is -0.498 e. The van der Waals surface area contributed by atoms with Gasteiger partial charge in [0.25, 0.3) is 0 Å². The molecule has 0 rings (SSSR count). The Morgan fingerprint density at radius 3 is 1.54 bits per heavy atom. The Bertz CT molecular complexity index is 722. The molecule has 2 atom stereocenters. The molecule has 274 valence electrons. The molecule has 0 amide bonds. The molecule has 0 aliphatic heterocycles. The van der Waals surface area contributed by atoms with Crippen LogP contribution in [0.1, 0.15) is 187 Å². The van der Waals surface area contributed by atoms with Gasteiger partial charge >= 0.3 is 13.8 Å². The maximum absolute atomic E-state index is 12.4. The molecule has 0 saturated heterocycles.